The molecule has 0 aliphatic carbocycles. The van der Waals surface area contributed by atoms with Crippen molar-refractivity contribution >= 4 is 6.16 Å². The average Bonchev–Trinajstić information content (AvgIpc) is 3.06. The van der Waals surface area contributed by atoms with Crippen molar-refractivity contribution in [2.75, 3.05) is 13.2 Å². The van der Waals surface area contributed by atoms with Crippen LogP contribution in [0.3, 0.4) is 0 Å². The highest BCUT2D eigenvalue weighted by Crippen LogP contribution is 2.32. The fourth-order valence-corrected chi connectivity index (χ4v) is 2.54. The van der Waals surface area contributed by atoms with Gasteiger partial charge in [-0.05, 0) is 18.5 Å². The number of H-pyrrole nitrogens is 1. The summed E-state index contributed by atoms with van der Waals surface area (Å²) in [7, 11) is 0. The molecule has 1 aromatic rings. The zero-order valence-corrected chi connectivity index (χ0v) is 14.8. The number of nitrogens with zero attached hydrogens (tertiary/aromatic N) is 4. The number of hydrogen-bond acceptors (Lipinski definition) is 9. The molecule has 4 atom stereocenters. The Kier molecular flexibility index (Phi) is 7.35. The molecule has 1 fully saturated rings. The van der Waals surface area contributed by atoms with Crippen molar-refractivity contribution in [1.82, 2.24) is 9.55 Å². The maximum Gasteiger partial charge on any atom is 0.511 e. The molecule has 152 valence electrons. The lowest BCUT2D eigenvalue weighted by Gasteiger charge is -2.21. The van der Waals surface area contributed by atoms with Crippen molar-refractivity contribution in [3.05, 3.63) is 55.2 Å². The minimum Gasteiger partial charge on any atom is -0.430 e. The Morgan fingerprint density at radius 1 is 1.57 bits per heavy atom. The van der Waals surface area contributed by atoms with Crippen LogP contribution in [0.25, 0.3) is 10.4 Å². The molecule has 2 unspecified atom stereocenters. The van der Waals surface area contributed by atoms with E-state index in [-0.39, 0.29) is 25.2 Å². The number of rotatable bonds is 7. The lowest BCUT2D eigenvalue weighted by atomic mass is 10.1. The highest BCUT2D eigenvalue weighted by atomic mass is 16.8. The third kappa shape index (κ3) is 5.20. The van der Waals surface area contributed by atoms with Crippen LogP contribution in [0.1, 0.15) is 18.2 Å². The maximum atomic E-state index is 12.0. The molecule has 0 aromatic carbocycles. The molecule has 13 nitrogen and oxygen atoms in total. The summed E-state index contributed by atoms with van der Waals surface area (Å²) in [5.74, 6) is 0. The zero-order valence-electron chi connectivity index (χ0n) is 14.8. The fourth-order valence-electron chi connectivity index (χ4n) is 2.54. The van der Waals surface area contributed by atoms with Gasteiger partial charge < -0.3 is 24.4 Å². The van der Waals surface area contributed by atoms with E-state index in [4.69, 9.17) is 20.1 Å². The van der Waals surface area contributed by atoms with E-state index in [9.17, 15) is 19.5 Å². The normalized spacial score (nSPS) is 22.6. The summed E-state index contributed by atoms with van der Waals surface area (Å²) in [4.78, 5) is 39.8. The van der Waals surface area contributed by atoms with Gasteiger partial charge >= 0.3 is 11.8 Å². The number of aryl methyl sites for hydroxylation is 1. The molecule has 1 aromatic heterocycles. The van der Waals surface area contributed by atoms with Crippen LogP contribution in [0, 0.1) is 6.92 Å². The lowest BCUT2D eigenvalue weighted by molar-refractivity contribution is -0.165. The van der Waals surface area contributed by atoms with Crippen molar-refractivity contribution in [2.24, 2.45) is 5.11 Å². The van der Waals surface area contributed by atoms with Crippen LogP contribution < -0.4 is 11.2 Å². The van der Waals surface area contributed by atoms with E-state index in [2.05, 4.69) is 19.7 Å². The van der Waals surface area contributed by atoms with Crippen molar-refractivity contribution in [3.63, 3.8) is 0 Å². The van der Waals surface area contributed by atoms with Crippen LogP contribution in [0.5, 0.6) is 0 Å². The molecular formula is C15H19N5O8. The second-order valence-electron chi connectivity index (χ2n) is 5.77. The summed E-state index contributed by atoms with van der Waals surface area (Å²) in [6, 6.07) is -0.953. The van der Waals surface area contributed by atoms with Crippen molar-refractivity contribution in [1.29, 1.82) is 0 Å². The number of carbonyl (C=O) groups is 1. The second-order valence-corrected chi connectivity index (χ2v) is 5.77. The first kappa shape index (κ1) is 21.2. The SMILES string of the molecule is Cc1cn([C@H]2CC(N=[N+]=[N-])[C@@H](C(O)OC(=O)OC/C=C\CO)O2)c(=O)[nH]c1=O. The number of ether oxygens (including phenoxy) is 3. The van der Waals surface area contributed by atoms with Gasteiger partial charge in [0, 0.05) is 23.1 Å². The molecule has 3 N–H and O–H groups in total. The van der Waals surface area contributed by atoms with Gasteiger partial charge in [0.15, 0.2) is 0 Å². The summed E-state index contributed by atoms with van der Waals surface area (Å²) in [5, 5.41) is 22.2. The second kappa shape index (κ2) is 9.71. The number of aromatic amines is 1. The number of aliphatic hydroxyl groups is 2. The quantitative estimate of drug-likeness (QED) is 0.141. The van der Waals surface area contributed by atoms with E-state index in [0.29, 0.717) is 0 Å². The zero-order chi connectivity index (χ0) is 20.7. The summed E-state index contributed by atoms with van der Waals surface area (Å²) >= 11 is 0. The molecule has 2 rings (SSSR count). The predicted octanol–water partition coefficient (Wildman–Crippen LogP) is -0.168. The Bertz CT molecular complexity index is 887. The number of nitrogens with one attached hydrogen (secondary N) is 1. The Morgan fingerprint density at radius 3 is 3.00 bits per heavy atom. The third-order valence-corrected chi connectivity index (χ3v) is 3.86. The largest absolute Gasteiger partial charge is 0.511 e. The Hall–Kier alpha value is -3.12. The molecule has 1 aliphatic rings. The molecule has 28 heavy (non-hydrogen) atoms. The maximum absolute atomic E-state index is 12.0. The van der Waals surface area contributed by atoms with Crippen LogP contribution in [0.4, 0.5) is 4.79 Å². The Labute approximate surface area is 157 Å². The van der Waals surface area contributed by atoms with E-state index in [1.54, 1.807) is 0 Å². The minimum atomic E-state index is -1.84. The summed E-state index contributed by atoms with van der Waals surface area (Å²) in [6.07, 6.45) is -1.30. The van der Waals surface area contributed by atoms with Gasteiger partial charge in [-0.15, -0.1) is 0 Å². The van der Waals surface area contributed by atoms with E-state index < -0.39 is 42.1 Å². The molecule has 1 aliphatic heterocycles. The minimum absolute atomic E-state index is 0.00514. The molecule has 0 radical (unpaired) electrons. The number of hydrogen-bond donors (Lipinski definition) is 3. The molecule has 2 heterocycles. The van der Waals surface area contributed by atoms with Gasteiger partial charge in [0.25, 0.3) is 5.56 Å². The Morgan fingerprint density at radius 2 is 2.32 bits per heavy atom. The van der Waals surface area contributed by atoms with Crippen LogP contribution in [-0.2, 0) is 14.2 Å². The number of aliphatic hydroxyl groups excluding tert-OH is 2. The van der Waals surface area contributed by atoms with Gasteiger partial charge in [-0.1, -0.05) is 11.2 Å². The lowest BCUT2D eigenvalue weighted by Crippen LogP contribution is -2.38. The van der Waals surface area contributed by atoms with Crippen molar-refractivity contribution < 1.29 is 29.2 Å². The fraction of sp³-hybridized carbons (Fsp3) is 0.533. The highest BCUT2D eigenvalue weighted by Gasteiger charge is 2.42. The van der Waals surface area contributed by atoms with Gasteiger partial charge in [0.05, 0.1) is 12.6 Å². The molecular weight excluding hydrogens is 378 g/mol. The van der Waals surface area contributed by atoms with Crippen LogP contribution in [0.15, 0.2) is 33.1 Å². The van der Waals surface area contributed by atoms with Gasteiger partial charge in [0.1, 0.15) is 18.9 Å². The third-order valence-electron chi connectivity index (χ3n) is 3.86. The highest BCUT2D eigenvalue weighted by molar-refractivity contribution is 5.60. The predicted molar refractivity (Wildman–Crippen MR) is 92.2 cm³/mol. The van der Waals surface area contributed by atoms with Crippen molar-refractivity contribution in [3.8, 4) is 0 Å². The average molecular weight is 397 g/mol. The van der Waals surface area contributed by atoms with Gasteiger partial charge in [-0.25, -0.2) is 9.59 Å². The molecule has 0 bridgehead atoms. The van der Waals surface area contributed by atoms with E-state index in [0.717, 1.165) is 4.57 Å². The van der Waals surface area contributed by atoms with Crippen LogP contribution in [-0.4, -0.2) is 57.6 Å². The molecule has 0 amide bonds. The summed E-state index contributed by atoms with van der Waals surface area (Å²) in [5.41, 5.74) is 7.67. The monoisotopic (exact) mass is 397 g/mol. The summed E-state index contributed by atoms with van der Waals surface area (Å²) < 4.78 is 16.0. The smallest absolute Gasteiger partial charge is 0.430 e. The number of carbonyl (C=O) groups excluding carboxylic acids is 1. The number of aromatic nitrogens is 2. The first-order valence-corrected chi connectivity index (χ1v) is 8.16. The Balaban J connectivity index is 2.11. The van der Waals surface area contributed by atoms with Crippen LogP contribution in [0.2, 0.25) is 0 Å². The van der Waals surface area contributed by atoms with E-state index in [1.165, 1.54) is 25.3 Å². The molecule has 1 saturated heterocycles. The van der Waals surface area contributed by atoms with Crippen molar-refractivity contribution in [2.45, 2.75) is 38.0 Å². The first-order chi connectivity index (χ1) is 13.4. The first-order valence-electron chi connectivity index (χ1n) is 8.16. The number of azide groups is 1. The van der Waals surface area contributed by atoms with Gasteiger partial charge in [-0.2, -0.15) is 0 Å². The summed E-state index contributed by atoms with van der Waals surface area (Å²) in [6.45, 7) is 1.08. The van der Waals surface area contributed by atoms with Gasteiger partial charge in [0.2, 0.25) is 6.29 Å². The molecule has 0 saturated carbocycles. The van der Waals surface area contributed by atoms with E-state index >= 15 is 0 Å². The van der Waals surface area contributed by atoms with Crippen LogP contribution >= 0.6 is 0 Å². The standard InChI is InChI=1S/C15H19N5O8/c1-8-7-20(14(24)17-12(8)22)10-6-9(18-19-16)11(27-10)13(23)28-15(25)26-5-3-2-4-21/h2-3,7,9-11,13,21,23H,4-6H2,1H3,(H,17,22,24)/b3-2-/t9?,10-,11+,13?/m1/s1. The van der Waals surface area contributed by atoms with E-state index in [1.807, 2.05) is 0 Å². The van der Waals surface area contributed by atoms with Gasteiger partial charge in [-0.3, -0.25) is 14.3 Å². The molecule has 0 spiro atoms. The molecule has 13 heteroatoms. The topological polar surface area (TPSA) is 189 Å².